The molecular formula is C53H44N5+. The molecule has 280 valence electrons. The number of nitrogens with zero attached hydrogens (tertiary/aromatic N) is 5. The molecule has 0 radical (unpaired) electrons. The van der Waals surface area contributed by atoms with E-state index in [9.17, 15) is 0 Å². The van der Waals surface area contributed by atoms with Crippen LogP contribution in [0.15, 0.2) is 195 Å². The standard InChI is InChI=1S/C53H44N5/c1-53(2,3)39-31-32-54-51(33-39)58-47-26-12-11-23-45(47)46-30-29-42(35-50(46)58)57(41-22-15-21-40(34-41)56-36-55(4)48-27-13-14-28-49(48)56)52-43(37-17-7-5-8-18-37)24-16-25-44(52)38-19-9-6-10-20-38/h5-36H,1-4H3/q+1. The van der Waals surface area contributed by atoms with Gasteiger partial charge in [-0.2, -0.15) is 4.57 Å². The minimum absolute atomic E-state index is 0.0273. The lowest BCUT2D eigenvalue weighted by atomic mass is 9.88. The van der Waals surface area contributed by atoms with E-state index in [0.29, 0.717) is 0 Å². The Morgan fingerprint density at radius 3 is 1.83 bits per heavy atom. The van der Waals surface area contributed by atoms with Crippen molar-refractivity contribution >= 4 is 49.9 Å². The van der Waals surface area contributed by atoms with Crippen LogP contribution in [0, 0.1) is 0 Å². The van der Waals surface area contributed by atoms with Crippen molar-refractivity contribution in [2.75, 3.05) is 4.90 Å². The summed E-state index contributed by atoms with van der Waals surface area (Å²) >= 11 is 0. The zero-order valence-electron chi connectivity index (χ0n) is 33.2. The molecule has 3 aromatic heterocycles. The largest absolute Gasteiger partial charge is 0.308 e. The maximum atomic E-state index is 5.01. The molecule has 0 amide bonds. The zero-order chi connectivity index (χ0) is 39.4. The van der Waals surface area contributed by atoms with Gasteiger partial charge in [0.15, 0.2) is 17.4 Å². The average molecular weight is 751 g/mol. The zero-order valence-corrected chi connectivity index (χ0v) is 33.2. The molecule has 0 unspecified atom stereocenters. The highest BCUT2D eigenvalue weighted by Gasteiger charge is 2.25. The van der Waals surface area contributed by atoms with E-state index in [-0.39, 0.29) is 5.41 Å². The fraction of sp³-hybridized carbons (Fsp3) is 0.0943. The summed E-state index contributed by atoms with van der Waals surface area (Å²) in [6.45, 7) is 6.77. The number of rotatable bonds is 7. The molecule has 7 aromatic carbocycles. The Balaban J connectivity index is 1.29. The molecule has 0 aliphatic carbocycles. The number of fused-ring (bicyclic) bond motifs is 4. The van der Waals surface area contributed by atoms with E-state index in [0.717, 1.165) is 67.4 Å². The normalized spacial score (nSPS) is 11.8. The fourth-order valence-electron chi connectivity index (χ4n) is 8.50. The van der Waals surface area contributed by atoms with Gasteiger partial charge in [-0.05, 0) is 76.7 Å². The molecule has 0 bridgehead atoms. The molecule has 10 aromatic rings. The topological polar surface area (TPSA) is 30.9 Å². The molecule has 5 nitrogen and oxygen atoms in total. The van der Waals surface area contributed by atoms with Crippen LogP contribution in [0.3, 0.4) is 0 Å². The van der Waals surface area contributed by atoms with Gasteiger partial charge in [0.2, 0.25) is 0 Å². The van der Waals surface area contributed by atoms with E-state index in [1.165, 1.54) is 21.9 Å². The molecule has 0 aliphatic heterocycles. The first kappa shape index (κ1) is 35.2. The van der Waals surface area contributed by atoms with Crippen molar-refractivity contribution in [1.29, 1.82) is 0 Å². The monoisotopic (exact) mass is 750 g/mol. The van der Waals surface area contributed by atoms with Crippen LogP contribution in [0.2, 0.25) is 0 Å². The number of benzene rings is 7. The lowest BCUT2D eigenvalue weighted by Gasteiger charge is -2.30. The van der Waals surface area contributed by atoms with E-state index in [1.807, 2.05) is 6.20 Å². The van der Waals surface area contributed by atoms with Crippen molar-refractivity contribution in [1.82, 2.24) is 18.7 Å². The van der Waals surface area contributed by atoms with Crippen molar-refractivity contribution in [2.45, 2.75) is 26.2 Å². The lowest BCUT2D eigenvalue weighted by molar-refractivity contribution is 0.588. The smallest absolute Gasteiger partial charge is 0.191 e. The van der Waals surface area contributed by atoms with Crippen molar-refractivity contribution in [3.8, 4) is 33.8 Å². The number of aryl methyl sites for hydroxylation is 1. The van der Waals surface area contributed by atoms with E-state index in [2.05, 4.69) is 235 Å². The first-order valence-corrected chi connectivity index (χ1v) is 19.9. The van der Waals surface area contributed by atoms with Crippen LogP contribution in [0.4, 0.5) is 17.1 Å². The molecule has 0 aliphatic rings. The first-order valence-electron chi connectivity index (χ1n) is 19.9. The molecule has 0 N–H and O–H groups in total. The number of aromatic nitrogens is 4. The van der Waals surface area contributed by atoms with Crippen LogP contribution in [-0.2, 0) is 12.5 Å². The van der Waals surface area contributed by atoms with Crippen molar-refractivity contribution in [2.24, 2.45) is 7.05 Å². The van der Waals surface area contributed by atoms with Crippen LogP contribution in [-0.4, -0.2) is 18.7 Å². The van der Waals surface area contributed by atoms with Crippen LogP contribution in [0.5, 0.6) is 0 Å². The SMILES string of the molecule is Cn1[cH+]n(-c2cccc(N(c3ccc4c5ccccc5n(-c5cc(C(C)(C)C)ccn5)c4c3)c3c(-c4ccccc4)cccc3-c3ccccc3)c2)c2ccccc21. The van der Waals surface area contributed by atoms with Crippen molar-refractivity contribution < 1.29 is 0 Å². The Labute approximate surface area is 339 Å². The second-order valence-electron chi connectivity index (χ2n) is 16.1. The highest BCUT2D eigenvalue weighted by atomic mass is 15.2. The van der Waals surface area contributed by atoms with Crippen molar-refractivity contribution in [3.05, 3.63) is 200 Å². The molecule has 3 heterocycles. The van der Waals surface area contributed by atoms with Gasteiger partial charge >= 0.3 is 0 Å². The summed E-state index contributed by atoms with van der Waals surface area (Å²) < 4.78 is 6.81. The summed E-state index contributed by atoms with van der Waals surface area (Å²) in [4.78, 5) is 7.47. The van der Waals surface area contributed by atoms with Gasteiger partial charge < -0.3 is 4.90 Å². The van der Waals surface area contributed by atoms with Crippen molar-refractivity contribution in [3.63, 3.8) is 0 Å². The Bertz CT molecular complexity index is 3050. The van der Waals surface area contributed by atoms with Gasteiger partial charge in [0.25, 0.3) is 0 Å². The molecular weight excluding hydrogens is 707 g/mol. The van der Waals surface area contributed by atoms with Gasteiger partial charge in [-0.3, -0.25) is 4.57 Å². The maximum absolute atomic E-state index is 5.01. The number of pyridine rings is 1. The molecule has 58 heavy (non-hydrogen) atoms. The van der Waals surface area contributed by atoms with Crippen LogP contribution >= 0.6 is 0 Å². The summed E-state index contributed by atoms with van der Waals surface area (Å²) in [5, 5.41) is 2.38. The van der Waals surface area contributed by atoms with E-state index < -0.39 is 0 Å². The van der Waals surface area contributed by atoms with Crippen LogP contribution in [0.25, 0.3) is 66.6 Å². The van der Waals surface area contributed by atoms with E-state index in [1.54, 1.807) is 0 Å². The highest BCUT2D eigenvalue weighted by molar-refractivity contribution is 6.11. The Kier molecular flexibility index (Phi) is 8.53. The Hall–Kier alpha value is -7.24. The second kappa shape index (κ2) is 14.1. The van der Waals surface area contributed by atoms with Crippen LogP contribution in [0.1, 0.15) is 26.3 Å². The lowest BCUT2D eigenvalue weighted by Crippen LogP contribution is -2.14. The Morgan fingerprint density at radius 2 is 1.12 bits per heavy atom. The number of hydrogen-bond donors (Lipinski definition) is 0. The second-order valence-corrected chi connectivity index (χ2v) is 16.1. The number of para-hydroxylation sites is 4. The van der Waals surface area contributed by atoms with Gasteiger partial charge in [0.05, 0.1) is 22.4 Å². The predicted molar refractivity (Wildman–Crippen MR) is 243 cm³/mol. The third kappa shape index (κ3) is 6.03. The highest BCUT2D eigenvalue weighted by Crippen LogP contribution is 2.48. The minimum Gasteiger partial charge on any atom is -0.308 e. The predicted octanol–water partition coefficient (Wildman–Crippen LogP) is 13.8. The molecule has 0 saturated carbocycles. The summed E-state index contributed by atoms with van der Waals surface area (Å²) in [7, 11) is 2.11. The van der Waals surface area contributed by atoms with Crippen LogP contribution < -0.4 is 4.90 Å². The molecule has 10 rings (SSSR count). The van der Waals surface area contributed by atoms with Gasteiger partial charge in [0.1, 0.15) is 11.5 Å². The Morgan fingerprint density at radius 1 is 0.517 bits per heavy atom. The summed E-state index contributed by atoms with van der Waals surface area (Å²) in [5.74, 6) is 0.909. The van der Waals surface area contributed by atoms with Gasteiger partial charge in [-0.1, -0.05) is 124 Å². The summed E-state index contributed by atoms with van der Waals surface area (Å²) in [5.41, 5.74) is 14.6. The summed E-state index contributed by atoms with van der Waals surface area (Å²) in [6, 6.07) is 65.7. The average Bonchev–Trinajstić information content (AvgIpc) is 3.78. The van der Waals surface area contributed by atoms with Gasteiger partial charge in [-0.15, -0.1) is 0 Å². The summed E-state index contributed by atoms with van der Waals surface area (Å²) in [6.07, 6.45) is 4.12. The number of imidazole rings is 1. The van der Waals surface area contributed by atoms with E-state index >= 15 is 0 Å². The third-order valence-corrected chi connectivity index (χ3v) is 11.4. The molecule has 0 spiro atoms. The first-order chi connectivity index (χ1) is 28.3. The number of anilines is 3. The number of hydrogen-bond acceptors (Lipinski definition) is 2. The molecule has 5 heteroatoms. The van der Waals surface area contributed by atoms with Gasteiger partial charge in [-0.25, -0.2) is 9.55 Å². The fourth-order valence-corrected chi connectivity index (χ4v) is 8.50. The molecule has 0 saturated heterocycles. The molecule has 0 atom stereocenters. The quantitative estimate of drug-likeness (QED) is 0.152. The third-order valence-electron chi connectivity index (χ3n) is 11.4. The van der Waals surface area contributed by atoms with Gasteiger partial charge in [0, 0.05) is 65.1 Å². The maximum Gasteiger partial charge on any atom is 0.191 e. The molecule has 0 fully saturated rings. The minimum atomic E-state index is -0.0273. The van der Waals surface area contributed by atoms with E-state index in [4.69, 9.17) is 4.98 Å².